The van der Waals surface area contributed by atoms with Crippen molar-refractivity contribution in [1.29, 1.82) is 0 Å². The monoisotopic (exact) mass is 444 g/mol. The third-order valence-corrected chi connectivity index (χ3v) is 5.66. The Labute approximate surface area is 189 Å². The molecule has 184 valence electrons. The van der Waals surface area contributed by atoms with Crippen LogP contribution in [0.3, 0.4) is 0 Å². The molecule has 0 saturated heterocycles. The van der Waals surface area contributed by atoms with Crippen LogP contribution in [0.2, 0.25) is 0 Å². The highest BCUT2D eigenvalue weighted by molar-refractivity contribution is 5.70. The Bertz CT molecular complexity index is 477. The van der Waals surface area contributed by atoms with Gasteiger partial charge in [0.25, 0.3) is 0 Å². The number of ether oxygens (including phenoxy) is 1. The fourth-order valence-electron chi connectivity index (χ4n) is 3.71. The average molecular weight is 445 g/mol. The summed E-state index contributed by atoms with van der Waals surface area (Å²) in [5, 5.41) is 29.2. The standard InChI is InChI=1S/C25H48O6/c1-18(2)8-6-10-21(26)13-14-22(27)17-25(30)31-23(11-7-9-19(3)4)15-12-20(5)16-24(28)29/h18-23,26-27H,6-17H2,1-5H3,(H,28,29)/t20-,21+,22-,23+/m0/s1. The summed E-state index contributed by atoms with van der Waals surface area (Å²) >= 11 is 0. The molecular formula is C25H48O6. The van der Waals surface area contributed by atoms with Crippen LogP contribution in [0.15, 0.2) is 0 Å². The Morgan fingerprint density at radius 2 is 1.23 bits per heavy atom. The van der Waals surface area contributed by atoms with Gasteiger partial charge in [-0.2, -0.15) is 0 Å². The van der Waals surface area contributed by atoms with Crippen LogP contribution in [-0.2, 0) is 14.3 Å². The maximum Gasteiger partial charge on any atom is 0.308 e. The zero-order chi connectivity index (χ0) is 23.8. The van der Waals surface area contributed by atoms with Crippen LogP contribution in [-0.4, -0.2) is 45.6 Å². The number of carbonyl (C=O) groups excluding carboxylic acids is 1. The summed E-state index contributed by atoms with van der Waals surface area (Å²) in [6.45, 7) is 10.5. The lowest BCUT2D eigenvalue weighted by Gasteiger charge is -2.21. The molecule has 0 fully saturated rings. The van der Waals surface area contributed by atoms with Crippen molar-refractivity contribution in [3.63, 3.8) is 0 Å². The molecule has 0 bridgehead atoms. The van der Waals surface area contributed by atoms with Gasteiger partial charge in [0.1, 0.15) is 6.10 Å². The molecule has 31 heavy (non-hydrogen) atoms. The van der Waals surface area contributed by atoms with Crippen molar-refractivity contribution >= 4 is 11.9 Å². The number of hydrogen-bond donors (Lipinski definition) is 3. The van der Waals surface area contributed by atoms with Gasteiger partial charge in [-0.15, -0.1) is 0 Å². The Balaban J connectivity index is 4.39. The summed E-state index contributed by atoms with van der Waals surface area (Å²) in [4.78, 5) is 23.2. The molecule has 0 saturated carbocycles. The minimum Gasteiger partial charge on any atom is -0.481 e. The van der Waals surface area contributed by atoms with Crippen LogP contribution in [0.4, 0.5) is 0 Å². The molecule has 0 radical (unpaired) electrons. The number of carboxylic acid groups (broad SMARTS) is 1. The van der Waals surface area contributed by atoms with E-state index in [9.17, 15) is 19.8 Å². The summed E-state index contributed by atoms with van der Waals surface area (Å²) < 4.78 is 5.65. The van der Waals surface area contributed by atoms with Crippen LogP contribution in [0.25, 0.3) is 0 Å². The lowest BCUT2D eigenvalue weighted by atomic mass is 9.96. The third kappa shape index (κ3) is 19.3. The molecule has 0 aromatic heterocycles. The lowest BCUT2D eigenvalue weighted by molar-refractivity contribution is -0.152. The van der Waals surface area contributed by atoms with Crippen molar-refractivity contribution in [3.8, 4) is 0 Å². The fraction of sp³-hybridized carbons (Fsp3) is 0.920. The first kappa shape index (κ1) is 29.9. The minimum absolute atomic E-state index is 0.0339. The predicted octanol–water partition coefficient (Wildman–Crippen LogP) is 5.33. The molecule has 0 aliphatic rings. The molecule has 0 unspecified atom stereocenters. The van der Waals surface area contributed by atoms with E-state index < -0.39 is 24.1 Å². The number of rotatable bonds is 19. The van der Waals surface area contributed by atoms with Crippen LogP contribution in [0.5, 0.6) is 0 Å². The largest absolute Gasteiger partial charge is 0.481 e. The van der Waals surface area contributed by atoms with Crippen LogP contribution < -0.4 is 0 Å². The van der Waals surface area contributed by atoms with E-state index in [-0.39, 0.29) is 24.9 Å². The molecule has 0 rings (SSSR count). The second-order valence-corrected chi connectivity index (χ2v) is 10.1. The number of hydrogen-bond acceptors (Lipinski definition) is 5. The van der Waals surface area contributed by atoms with E-state index >= 15 is 0 Å². The third-order valence-electron chi connectivity index (χ3n) is 5.66. The van der Waals surface area contributed by atoms with E-state index in [0.717, 1.165) is 38.5 Å². The van der Waals surface area contributed by atoms with E-state index in [1.54, 1.807) is 0 Å². The van der Waals surface area contributed by atoms with Crippen molar-refractivity contribution in [2.45, 2.75) is 130 Å². The second-order valence-electron chi connectivity index (χ2n) is 10.1. The van der Waals surface area contributed by atoms with Gasteiger partial charge in [-0.05, 0) is 62.7 Å². The number of aliphatic hydroxyl groups is 2. The molecular weight excluding hydrogens is 396 g/mol. The van der Waals surface area contributed by atoms with Gasteiger partial charge >= 0.3 is 11.9 Å². The van der Waals surface area contributed by atoms with Crippen molar-refractivity contribution in [1.82, 2.24) is 0 Å². The normalized spacial score (nSPS) is 15.6. The molecule has 0 aromatic carbocycles. The molecule has 0 spiro atoms. The van der Waals surface area contributed by atoms with Crippen molar-refractivity contribution in [2.75, 3.05) is 0 Å². The van der Waals surface area contributed by atoms with Crippen molar-refractivity contribution < 1.29 is 29.6 Å². The van der Waals surface area contributed by atoms with E-state index in [4.69, 9.17) is 9.84 Å². The van der Waals surface area contributed by atoms with Gasteiger partial charge in [-0.25, -0.2) is 0 Å². The summed E-state index contributed by atoms with van der Waals surface area (Å²) in [5.74, 6) is 0.00778. The first-order valence-electron chi connectivity index (χ1n) is 12.3. The van der Waals surface area contributed by atoms with Crippen LogP contribution in [0.1, 0.15) is 112 Å². The van der Waals surface area contributed by atoms with Crippen LogP contribution in [0, 0.1) is 17.8 Å². The highest BCUT2D eigenvalue weighted by atomic mass is 16.5. The average Bonchev–Trinajstić information content (AvgIpc) is 2.63. The quantitative estimate of drug-likeness (QED) is 0.233. The summed E-state index contributed by atoms with van der Waals surface area (Å²) in [7, 11) is 0. The maximum atomic E-state index is 12.3. The van der Waals surface area contributed by atoms with Gasteiger partial charge in [0, 0.05) is 6.42 Å². The Morgan fingerprint density at radius 1 is 0.677 bits per heavy atom. The zero-order valence-corrected chi connectivity index (χ0v) is 20.5. The fourth-order valence-corrected chi connectivity index (χ4v) is 3.71. The zero-order valence-electron chi connectivity index (χ0n) is 20.5. The number of esters is 1. The SMILES string of the molecule is CC(C)CCC[C@@H](O)CC[C@H](O)CC(=O)O[C@H](CCCC(C)C)CC[C@H](C)CC(=O)O. The Hall–Kier alpha value is -1.14. The van der Waals surface area contributed by atoms with Gasteiger partial charge in [0.05, 0.1) is 18.6 Å². The van der Waals surface area contributed by atoms with E-state index in [1.165, 1.54) is 0 Å². The van der Waals surface area contributed by atoms with Gasteiger partial charge in [-0.1, -0.05) is 53.9 Å². The minimum atomic E-state index is -0.811. The Kier molecular flexibility index (Phi) is 16.8. The summed E-state index contributed by atoms with van der Waals surface area (Å²) in [5.41, 5.74) is 0. The van der Waals surface area contributed by atoms with Crippen molar-refractivity contribution in [2.24, 2.45) is 17.8 Å². The van der Waals surface area contributed by atoms with Crippen LogP contribution >= 0.6 is 0 Å². The smallest absolute Gasteiger partial charge is 0.308 e. The molecule has 6 nitrogen and oxygen atoms in total. The maximum absolute atomic E-state index is 12.3. The van der Waals surface area contributed by atoms with E-state index in [2.05, 4.69) is 27.7 Å². The molecule has 0 amide bonds. The summed E-state index contributed by atoms with van der Waals surface area (Å²) in [6, 6.07) is 0. The number of carbonyl (C=O) groups is 2. The number of carboxylic acids is 1. The summed E-state index contributed by atoms with van der Waals surface area (Å²) in [6.07, 6.45) is 6.29. The first-order chi connectivity index (χ1) is 14.5. The second kappa shape index (κ2) is 17.4. The lowest BCUT2D eigenvalue weighted by Crippen LogP contribution is -2.24. The molecule has 4 atom stereocenters. The first-order valence-corrected chi connectivity index (χ1v) is 12.3. The molecule has 0 aromatic rings. The predicted molar refractivity (Wildman–Crippen MR) is 124 cm³/mol. The van der Waals surface area contributed by atoms with Gasteiger partial charge in [0.15, 0.2) is 0 Å². The van der Waals surface area contributed by atoms with Gasteiger partial charge in [-0.3, -0.25) is 9.59 Å². The molecule has 3 N–H and O–H groups in total. The van der Waals surface area contributed by atoms with E-state index in [1.807, 2.05) is 6.92 Å². The topological polar surface area (TPSA) is 104 Å². The molecule has 0 heterocycles. The van der Waals surface area contributed by atoms with Gasteiger partial charge in [0.2, 0.25) is 0 Å². The Morgan fingerprint density at radius 3 is 1.77 bits per heavy atom. The molecule has 6 heteroatoms. The van der Waals surface area contributed by atoms with E-state index in [0.29, 0.717) is 37.5 Å². The van der Waals surface area contributed by atoms with Gasteiger partial charge < -0.3 is 20.1 Å². The highest BCUT2D eigenvalue weighted by Gasteiger charge is 2.20. The molecule has 0 aliphatic carbocycles. The molecule has 0 aliphatic heterocycles. The highest BCUT2D eigenvalue weighted by Crippen LogP contribution is 2.20. The number of aliphatic hydroxyl groups excluding tert-OH is 2. The van der Waals surface area contributed by atoms with Crippen molar-refractivity contribution in [3.05, 3.63) is 0 Å². The number of aliphatic carboxylic acids is 1.